The van der Waals surface area contributed by atoms with E-state index in [0.717, 1.165) is 0 Å². The zero-order valence-corrected chi connectivity index (χ0v) is 12.8. The first-order valence-electron chi connectivity index (χ1n) is 7.11. The van der Waals surface area contributed by atoms with Crippen molar-refractivity contribution in [2.45, 2.75) is 24.9 Å². The maximum absolute atomic E-state index is 12.1. The van der Waals surface area contributed by atoms with Crippen LogP contribution in [0.2, 0.25) is 0 Å². The second-order valence-electron chi connectivity index (χ2n) is 5.01. The summed E-state index contributed by atoms with van der Waals surface area (Å²) in [6.07, 6.45) is -0.665. The third kappa shape index (κ3) is 6.44. The van der Waals surface area contributed by atoms with E-state index in [1.165, 1.54) is 0 Å². The number of amides is 2. The van der Waals surface area contributed by atoms with Gasteiger partial charge in [-0.3, -0.25) is 14.4 Å². The Hall–Kier alpha value is -2.94. The number of benzene rings is 1. The van der Waals surface area contributed by atoms with Crippen molar-refractivity contribution in [2.24, 2.45) is 5.73 Å². The normalized spacial score (nSPS) is 12.7. The number of nitrogens with one attached hydrogen (secondary N) is 2. The number of carbonyl (C=O) groups is 4. The fraction of sp³-hybridized carbons (Fsp3) is 0.333. The number of rotatable bonds is 9. The number of carboxylic acid groups (broad SMARTS) is 2. The first-order valence-corrected chi connectivity index (χ1v) is 7.11. The monoisotopic (exact) mass is 337 g/mol. The topological polar surface area (TPSA) is 159 Å². The number of aliphatic carboxylic acids is 2. The van der Waals surface area contributed by atoms with Gasteiger partial charge in [0.15, 0.2) is 0 Å². The van der Waals surface area contributed by atoms with Crippen LogP contribution in [0.25, 0.3) is 0 Å². The molecular formula is C15H19N3O6. The van der Waals surface area contributed by atoms with Crippen LogP contribution in [-0.2, 0) is 25.6 Å². The molecule has 0 unspecified atom stereocenters. The molecule has 0 aliphatic rings. The quantitative estimate of drug-likeness (QED) is 0.375. The highest BCUT2D eigenvalue weighted by Gasteiger charge is 2.28. The smallest absolute Gasteiger partial charge is 0.326 e. The summed E-state index contributed by atoms with van der Waals surface area (Å²) in [6, 6.07) is 5.96. The van der Waals surface area contributed by atoms with Crippen LogP contribution in [0.1, 0.15) is 12.0 Å². The van der Waals surface area contributed by atoms with Gasteiger partial charge in [0.25, 0.3) is 0 Å². The molecule has 0 saturated carbocycles. The predicted molar refractivity (Wildman–Crippen MR) is 83.0 cm³/mol. The lowest BCUT2D eigenvalue weighted by Crippen LogP contribution is -2.53. The lowest BCUT2D eigenvalue weighted by molar-refractivity contribution is -0.143. The van der Waals surface area contributed by atoms with Gasteiger partial charge in [-0.2, -0.15) is 0 Å². The number of carboxylic acids is 2. The van der Waals surface area contributed by atoms with Crippen LogP contribution in [0, 0.1) is 0 Å². The first kappa shape index (κ1) is 19.1. The maximum atomic E-state index is 12.1. The van der Waals surface area contributed by atoms with Crippen LogP contribution in [0.4, 0.5) is 0 Å². The summed E-state index contributed by atoms with van der Waals surface area (Å²) in [5.74, 6) is -4.21. The molecule has 9 heteroatoms. The van der Waals surface area contributed by atoms with Crippen LogP contribution in [-0.4, -0.2) is 52.6 Å². The third-order valence-corrected chi connectivity index (χ3v) is 3.11. The zero-order chi connectivity index (χ0) is 18.1. The van der Waals surface area contributed by atoms with Crippen molar-refractivity contribution >= 4 is 23.8 Å². The molecule has 0 saturated heterocycles. The summed E-state index contributed by atoms with van der Waals surface area (Å²) < 4.78 is 0. The molecule has 1 rings (SSSR count). The van der Waals surface area contributed by atoms with Gasteiger partial charge in [-0.25, -0.2) is 4.79 Å². The molecule has 0 aliphatic heterocycles. The molecule has 1 aromatic rings. The van der Waals surface area contributed by atoms with E-state index in [2.05, 4.69) is 10.6 Å². The SMILES string of the molecule is NCC(=O)N[C@@H](CC(=O)O)C(=O)N[C@H](Cc1ccccc1)C(=O)O. The van der Waals surface area contributed by atoms with Gasteiger partial charge in [0, 0.05) is 6.42 Å². The number of carbonyl (C=O) groups excluding carboxylic acids is 2. The second kappa shape index (κ2) is 9.26. The van der Waals surface area contributed by atoms with Crippen molar-refractivity contribution in [2.75, 3.05) is 6.54 Å². The van der Waals surface area contributed by atoms with E-state index in [1.54, 1.807) is 30.3 Å². The Bertz CT molecular complexity index is 604. The van der Waals surface area contributed by atoms with Crippen LogP contribution in [0.3, 0.4) is 0 Å². The van der Waals surface area contributed by atoms with E-state index in [-0.39, 0.29) is 6.42 Å². The number of nitrogens with two attached hydrogens (primary N) is 1. The Kier molecular flexibility index (Phi) is 7.37. The largest absolute Gasteiger partial charge is 0.481 e. The second-order valence-corrected chi connectivity index (χ2v) is 5.01. The lowest BCUT2D eigenvalue weighted by Gasteiger charge is -2.20. The van der Waals surface area contributed by atoms with Gasteiger partial charge in [-0.15, -0.1) is 0 Å². The molecule has 130 valence electrons. The van der Waals surface area contributed by atoms with Crippen molar-refractivity contribution < 1.29 is 29.4 Å². The van der Waals surface area contributed by atoms with E-state index < -0.39 is 48.8 Å². The molecule has 0 fully saturated rings. The minimum Gasteiger partial charge on any atom is -0.481 e. The molecule has 0 aromatic heterocycles. The molecule has 9 nitrogen and oxygen atoms in total. The van der Waals surface area contributed by atoms with Crippen LogP contribution in [0.5, 0.6) is 0 Å². The van der Waals surface area contributed by atoms with Crippen molar-refractivity contribution in [3.05, 3.63) is 35.9 Å². The van der Waals surface area contributed by atoms with E-state index in [1.807, 2.05) is 0 Å². The highest BCUT2D eigenvalue weighted by Crippen LogP contribution is 2.04. The molecule has 2 atom stereocenters. The molecule has 0 aliphatic carbocycles. The minimum atomic E-state index is -1.41. The average molecular weight is 337 g/mol. The first-order chi connectivity index (χ1) is 11.3. The fourth-order valence-corrected chi connectivity index (χ4v) is 1.96. The maximum Gasteiger partial charge on any atom is 0.326 e. The zero-order valence-electron chi connectivity index (χ0n) is 12.8. The molecule has 0 spiro atoms. The Morgan fingerprint density at radius 1 is 1.00 bits per heavy atom. The Morgan fingerprint density at radius 3 is 2.12 bits per heavy atom. The molecule has 0 radical (unpaired) electrons. The Labute approximate surface area is 137 Å². The molecule has 1 aromatic carbocycles. The Balaban J connectivity index is 2.81. The van der Waals surface area contributed by atoms with Gasteiger partial charge >= 0.3 is 11.9 Å². The third-order valence-electron chi connectivity index (χ3n) is 3.11. The average Bonchev–Trinajstić information content (AvgIpc) is 2.53. The minimum absolute atomic E-state index is 0.0204. The van der Waals surface area contributed by atoms with Gasteiger partial charge < -0.3 is 26.6 Å². The van der Waals surface area contributed by atoms with Gasteiger partial charge in [-0.05, 0) is 5.56 Å². The van der Waals surface area contributed by atoms with Gasteiger partial charge in [-0.1, -0.05) is 30.3 Å². The highest BCUT2D eigenvalue weighted by atomic mass is 16.4. The lowest BCUT2D eigenvalue weighted by atomic mass is 10.1. The van der Waals surface area contributed by atoms with Gasteiger partial charge in [0.2, 0.25) is 11.8 Å². The molecular weight excluding hydrogens is 318 g/mol. The molecule has 24 heavy (non-hydrogen) atoms. The number of hydrogen-bond acceptors (Lipinski definition) is 5. The molecule has 6 N–H and O–H groups in total. The summed E-state index contributed by atoms with van der Waals surface area (Å²) >= 11 is 0. The van der Waals surface area contributed by atoms with Gasteiger partial charge in [0.1, 0.15) is 12.1 Å². The molecule has 0 heterocycles. The Morgan fingerprint density at radius 2 is 1.62 bits per heavy atom. The predicted octanol–water partition coefficient (Wildman–Crippen LogP) is -1.28. The van der Waals surface area contributed by atoms with Crippen molar-refractivity contribution in [1.82, 2.24) is 10.6 Å². The van der Waals surface area contributed by atoms with E-state index in [4.69, 9.17) is 10.8 Å². The summed E-state index contributed by atoms with van der Waals surface area (Å²) in [7, 11) is 0. The van der Waals surface area contributed by atoms with Crippen molar-refractivity contribution in [3.8, 4) is 0 Å². The number of hydrogen-bond donors (Lipinski definition) is 5. The fourth-order valence-electron chi connectivity index (χ4n) is 1.96. The highest BCUT2D eigenvalue weighted by molar-refractivity contribution is 5.93. The van der Waals surface area contributed by atoms with Gasteiger partial charge in [0.05, 0.1) is 13.0 Å². The van der Waals surface area contributed by atoms with Crippen molar-refractivity contribution in [1.29, 1.82) is 0 Å². The summed E-state index contributed by atoms with van der Waals surface area (Å²) in [5, 5.41) is 22.5. The van der Waals surface area contributed by atoms with Crippen LogP contribution < -0.4 is 16.4 Å². The summed E-state index contributed by atoms with van der Waals surface area (Å²) in [5.41, 5.74) is 5.80. The van der Waals surface area contributed by atoms with Crippen LogP contribution in [0.15, 0.2) is 30.3 Å². The van der Waals surface area contributed by atoms with E-state index in [9.17, 15) is 24.3 Å². The molecule has 2 amide bonds. The van der Waals surface area contributed by atoms with Crippen molar-refractivity contribution in [3.63, 3.8) is 0 Å². The standard InChI is InChI=1S/C15H19N3O6/c16-8-12(19)17-10(7-13(20)21)14(22)18-11(15(23)24)6-9-4-2-1-3-5-9/h1-5,10-11H,6-8,16H2,(H,17,19)(H,18,22)(H,20,21)(H,23,24)/t10-,11+/m0/s1. The summed E-state index contributed by atoms with van der Waals surface area (Å²) in [6.45, 7) is -0.421. The van der Waals surface area contributed by atoms with Crippen LogP contribution >= 0.6 is 0 Å². The summed E-state index contributed by atoms with van der Waals surface area (Å²) in [4.78, 5) is 45.6. The van der Waals surface area contributed by atoms with E-state index >= 15 is 0 Å². The van der Waals surface area contributed by atoms with E-state index in [0.29, 0.717) is 5.56 Å². The molecule has 0 bridgehead atoms.